The molecule has 0 aliphatic carbocycles. The van der Waals surface area contributed by atoms with Crippen LogP contribution in [0.5, 0.6) is 0 Å². The van der Waals surface area contributed by atoms with Crippen molar-refractivity contribution in [3.63, 3.8) is 0 Å². The van der Waals surface area contributed by atoms with E-state index in [0.29, 0.717) is 34.6 Å². The van der Waals surface area contributed by atoms with Gasteiger partial charge in [0.2, 0.25) is 11.9 Å². The van der Waals surface area contributed by atoms with Crippen LogP contribution in [0.25, 0.3) is 11.0 Å². The van der Waals surface area contributed by atoms with Gasteiger partial charge in [0.05, 0.1) is 38.6 Å². The molecule has 0 atom stereocenters. The summed E-state index contributed by atoms with van der Waals surface area (Å²) in [5.74, 6) is 2.10. The number of rotatable bonds is 14. The van der Waals surface area contributed by atoms with Gasteiger partial charge in [-0.05, 0) is 25.7 Å². The number of anilines is 4. The van der Waals surface area contributed by atoms with E-state index in [4.69, 9.17) is 29.4 Å². The normalized spacial score (nSPS) is 17.1. The van der Waals surface area contributed by atoms with Gasteiger partial charge in [0.15, 0.2) is 11.6 Å². The Balaban J connectivity index is 1.91. The molecule has 14 nitrogen and oxygen atoms in total. The zero-order valence-corrected chi connectivity index (χ0v) is 23.7. The maximum Gasteiger partial charge on any atom is 0.228 e. The Bertz CT molecular complexity index is 970. The third-order valence-corrected chi connectivity index (χ3v) is 7.68. The predicted molar refractivity (Wildman–Crippen MR) is 152 cm³/mol. The minimum absolute atomic E-state index is 0.111. The molecule has 4 N–H and O–H groups in total. The molecule has 0 aromatic carbocycles. The molecule has 0 bridgehead atoms. The molecule has 0 amide bonds. The Labute approximate surface area is 235 Å². The second-order valence-corrected chi connectivity index (χ2v) is 10.1. The largest absolute Gasteiger partial charge is 0.395 e. The molecule has 0 unspecified atom stereocenters. The van der Waals surface area contributed by atoms with Crippen LogP contribution in [-0.2, 0) is 9.47 Å². The van der Waals surface area contributed by atoms with Crippen LogP contribution in [0.3, 0.4) is 0 Å². The molecule has 2 aliphatic rings. The van der Waals surface area contributed by atoms with Gasteiger partial charge in [0.25, 0.3) is 0 Å². The first-order valence-electron chi connectivity index (χ1n) is 14.1. The molecule has 2 fully saturated rings. The first kappa shape index (κ1) is 30.3. The van der Waals surface area contributed by atoms with Gasteiger partial charge in [-0.3, -0.25) is 0 Å². The molecule has 0 spiro atoms. The average molecular weight is 565 g/mol. The highest BCUT2D eigenvalue weighted by atomic mass is 16.5. The molecule has 2 aromatic rings. The van der Waals surface area contributed by atoms with E-state index in [-0.39, 0.29) is 64.8 Å². The van der Waals surface area contributed by atoms with Crippen LogP contribution < -0.4 is 19.6 Å². The van der Waals surface area contributed by atoms with Gasteiger partial charge in [-0.25, -0.2) is 9.97 Å². The van der Waals surface area contributed by atoms with Crippen LogP contribution in [0.4, 0.5) is 23.5 Å². The zero-order chi connectivity index (χ0) is 28.5. The van der Waals surface area contributed by atoms with E-state index in [1.807, 2.05) is 0 Å². The number of aromatic nitrogens is 4. The standard InChI is InChI=1S/C26H44N8O6/c1-39-19-3-7-31(8-4-19)23-21-22(28-25(29-23)33(11-15-35)12-16-36)24(32-9-5-20(40-2)6-10-32)30-26(27-21)34(13-17-37)14-18-38/h19-20,35-38H,3-18H2,1-2H3. The number of methoxy groups -OCH3 is 2. The number of ether oxygens (including phenoxy) is 2. The fraction of sp³-hybridized carbons (Fsp3) is 0.769. The van der Waals surface area contributed by atoms with Crippen molar-refractivity contribution in [1.82, 2.24) is 19.9 Å². The van der Waals surface area contributed by atoms with Crippen molar-refractivity contribution in [2.24, 2.45) is 0 Å². The summed E-state index contributed by atoms with van der Waals surface area (Å²) in [6, 6.07) is 0. The summed E-state index contributed by atoms with van der Waals surface area (Å²) in [7, 11) is 3.46. The number of aliphatic hydroxyl groups excluding tert-OH is 4. The number of aliphatic hydroxyl groups is 4. The zero-order valence-electron chi connectivity index (χ0n) is 23.7. The molecular weight excluding hydrogens is 520 g/mol. The summed E-state index contributed by atoms with van der Waals surface area (Å²) < 4.78 is 11.2. The average Bonchev–Trinajstić information content (AvgIpc) is 3.00. The lowest BCUT2D eigenvalue weighted by Crippen LogP contribution is -2.39. The Hall–Kier alpha value is -2.62. The molecule has 2 aliphatic heterocycles. The second-order valence-electron chi connectivity index (χ2n) is 10.1. The lowest BCUT2D eigenvalue weighted by Gasteiger charge is -2.35. The van der Waals surface area contributed by atoms with Crippen molar-refractivity contribution in [3.8, 4) is 0 Å². The van der Waals surface area contributed by atoms with Crippen LogP contribution in [-0.4, -0.2) is 146 Å². The molecular formula is C26H44N8O6. The summed E-state index contributed by atoms with van der Waals surface area (Å²) >= 11 is 0. The number of piperidine rings is 2. The fourth-order valence-electron chi connectivity index (χ4n) is 5.40. The van der Waals surface area contributed by atoms with E-state index in [1.54, 1.807) is 24.0 Å². The quantitative estimate of drug-likeness (QED) is 0.226. The maximum absolute atomic E-state index is 9.72. The van der Waals surface area contributed by atoms with Crippen LogP contribution in [0.15, 0.2) is 0 Å². The van der Waals surface area contributed by atoms with Crippen molar-refractivity contribution in [2.75, 3.05) is 113 Å². The SMILES string of the molecule is COC1CCN(c2nc(N(CCO)CCO)nc3c(N4CCC(OC)CC4)nc(N(CCO)CCO)nc23)CC1. The molecule has 0 saturated carbocycles. The van der Waals surface area contributed by atoms with Crippen LogP contribution >= 0.6 is 0 Å². The Kier molecular flexibility index (Phi) is 11.3. The topological polar surface area (TPSA) is 164 Å². The fourth-order valence-corrected chi connectivity index (χ4v) is 5.40. The third-order valence-electron chi connectivity index (χ3n) is 7.68. The summed E-state index contributed by atoms with van der Waals surface area (Å²) in [5, 5.41) is 38.9. The van der Waals surface area contributed by atoms with Gasteiger partial charge < -0.3 is 49.5 Å². The van der Waals surface area contributed by atoms with Crippen molar-refractivity contribution < 1.29 is 29.9 Å². The van der Waals surface area contributed by atoms with Crippen molar-refractivity contribution in [3.05, 3.63) is 0 Å². The van der Waals surface area contributed by atoms with Gasteiger partial charge in [-0.1, -0.05) is 0 Å². The molecule has 40 heavy (non-hydrogen) atoms. The predicted octanol–water partition coefficient (Wildman–Crippen LogP) is -0.768. The number of fused-ring (bicyclic) bond motifs is 1. The highest BCUT2D eigenvalue weighted by Gasteiger charge is 2.29. The Morgan fingerprint density at radius 2 is 0.925 bits per heavy atom. The lowest BCUT2D eigenvalue weighted by atomic mass is 10.1. The van der Waals surface area contributed by atoms with Gasteiger partial charge in [-0.15, -0.1) is 0 Å². The first-order chi connectivity index (χ1) is 19.6. The van der Waals surface area contributed by atoms with Gasteiger partial charge in [0, 0.05) is 66.6 Å². The molecule has 4 heterocycles. The van der Waals surface area contributed by atoms with E-state index in [1.165, 1.54) is 0 Å². The van der Waals surface area contributed by atoms with Gasteiger partial charge in [0.1, 0.15) is 11.0 Å². The number of hydrogen-bond acceptors (Lipinski definition) is 14. The van der Waals surface area contributed by atoms with Gasteiger partial charge >= 0.3 is 0 Å². The van der Waals surface area contributed by atoms with Crippen LogP contribution in [0, 0.1) is 0 Å². The van der Waals surface area contributed by atoms with E-state index >= 15 is 0 Å². The summed E-state index contributed by atoms with van der Waals surface area (Å²) in [5.41, 5.74) is 1.17. The van der Waals surface area contributed by atoms with Crippen molar-refractivity contribution in [1.29, 1.82) is 0 Å². The second kappa shape index (κ2) is 14.8. The monoisotopic (exact) mass is 564 g/mol. The third kappa shape index (κ3) is 6.98. The molecule has 224 valence electrons. The lowest BCUT2D eigenvalue weighted by molar-refractivity contribution is 0.0817. The molecule has 0 radical (unpaired) electrons. The summed E-state index contributed by atoms with van der Waals surface area (Å²) in [6.45, 7) is 3.50. The van der Waals surface area contributed by atoms with E-state index < -0.39 is 0 Å². The maximum atomic E-state index is 9.72. The molecule has 2 saturated heterocycles. The van der Waals surface area contributed by atoms with Crippen molar-refractivity contribution >= 4 is 34.6 Å². The molecule has 4 rings (SSSR count). The highest BCUT2D eigenvalue weighted by molar-refractivity contribution is 5.95. The van der Waals surface area contributed by atoms with E-state index in [0.717, 1.165) is 51.9 Å². The summed E-state index contributed by atoms with van der Waals surface area (Å²) in [6.07, 6.45) is 3.71. The minimum atomic E-state index is -0.111. The van der Waals surface area contributed by atoms with E-state index in [9.17, 15) is 20.4 Å². The smallest absolute Gasteiger partial charge is 0.228 e. The first-order valence-corrected chi connectivity index (χ1v) is 14.1. The van der Waals surface area contributed by atoms with Crippen molar-refractivity contribution in [2.45, 2.75) is 37.9 Å². The van der Waals surface area contributed by atoms with E-state index in [2.05, 4.69) is 9.80 Å². The minimum Gasteiger partial charge on any atom is -0.395 e. The van der Waals surface area contributed by atoms with Crippen LogP contribution in [0.2, 0.25) is 0 Å². The Morgan fingerprint density at radius 3 is 1.20 bits per heavy atom. The number of nitrogens with zero attached hydrogens (tertiary/aromatic N) is 8. The van der Waals surface area contributed by atoms with Crippen LogP contribution in [0.1, 0.15) is 25.7 Å². The highest BCUT2D eigenvalue weighted by Crippen LogP contribution is 2.35. The molecule has 2 aromatic heterocycles. The Morgan fingerprint density at radius 1 is 0.600 bits per heavy atom. The summed E-state index contributed by atoms with van der Waals surface area (Å²) in [4.78, 5) is 27.7. The van der Waals surface area contributed by atoms with Gasteiger partial charge in [-0.2, -0.15) is 9.97 Å². The number of hydrogen-bond donors (Lipinski definition) is 4. The molecule has 14 heteroatoms.